The number of nitrogens with zero attached hydrogens (tertiary/aromatic N) is 1. The van der Waals surface area contributed by atoms with Crippen LogP contribution in [0.4, 0.5) is 0 Å². The summed E-state index contributed by atoms with van der Waals surface area (Å²) in [5.74, 6) is 1.82. The van der Waals surface area contributed by atoms with E-state index >= 15 is 0 Å². The SMILES string of the molecule is CC(C)C1CCC(NCCc2ccccn2)CC1. The molecule has 1 aliphatic carbocycles. The topological polar surface area (TPSA) is 24.9 Å². The summed E-state index contributed by atoms with van der Waals surface area (Å²) in [5.41, 5.74) is 1.20. The highest BCUT2D eigenvalue weighted by molar-refractivity contribution is 5.03. The van der Waals surface area contributed by atoms with E-state index in [1.54, 1.807) is 0 Å². The Labute approximate surface area is 111 Å². The van der Waals surface area contributed by atoms with Gasteiger partial charge >= 0.3 is 0 Å². The van der Waals surface area contributed by atoms with E-state index in [9.17, 15) is 0 Å². The fourth-order valence-electron chi connectivity index (χ4n) is 2.94. The lowest BCUT2D eigenvalue weighted by molar-refractivity contribution is 0.239. The molecule has 2 nitrogen and oxygen atoms in total. The van der Waals surface area contributed by atoms with Crippen molar-refractivity contribution in [2.75, 3.05) is 6.54 Å². The van der Waals surface area contributed by atoms with Crippen LogP contribution >= 0.6 is 0 Å². The summed E-state index contributed by atoms with van der Waals surface area (Å²) in [6.45, 7) is 5.78. The van der Waals surface area contributed by atoms with Crippen LogP contribution in [0.25, 0.3) is 0 Å². The number of rotatable bonds is 5. The molecule has 100 valence electrons. The van der Waals surface area contributed by atoms with Crippen molar-refractivity contribution in [3.63, 3.8) is 0 Å². The van der Waals surface area contributed by atoms with Crippen molar-refractivity contribution in [3.05, 3.63) is 30.1 Å². The van der Waals surface area contributed by atoms with Crippen molar-refractivity contribution in [1.29, 1.82) is 0 Å². The number of hydrogen-bond donors (Lipinski definition) is 1. The van der Waals surface area contributed by atoms with Crippen molar-refractivity contribution in [3.8, 4) is 0 Å². The van der Waals surface area contributed by atoms with Crippen LogP contribution in [0.2, 0.25) is 0 Å². The second-order valence-corrected chi connectivity index (χ2v) is 5.88. The van der Waals surface area contributed by atoms with Crippen LogP contribution < -0.4 is 5.32 Å². The lowest BCUT2D eigenvalue weighted by Crippen LogP contribution is -2.35. The minimum Gasteiger partial charge on any atom is -0.314 e. The van der Waals surface area contributed by atoms with E-state index in [0.29, 0.717) is 0 Å². The van der Waals surface area contributed by atoms with Crippen LogP contribution in [-0.4, -0.2) is 17.6 Å². The number of nitrogens with one attached hydrogen (secondary N) is 1. The third kappa shape index (κ3) is 4.09. The van der Waals surface area contributed by atoms with Gasteiger partial charge in [0.15, 0.2) is 0 Å². The Morgan fingerprint density at radius 3 is 2.61 bits per heavy atom. The molecular formula is C16H26N2. The summed E-state index contributed by atoms with van der Waals surface area (Å²) < 4.78 is 0. The van der Waals surface area contributed by atoms with Gasteiger partial charge in [-0.1, -0.05) is 19.9 Å². The van der Waals surface area contributed by atoms with E-state index in [2.05, 4.69) is 36.3 Å². The molecule has 18 heavy (non-hydrogen) atoms. The van der Waals surface area contributed by atoms with Crippen molar-refractivity contribution in [2.24, 2.45) is 11.8 Å². The summed E-state index contributed by atoms with van der Waals surface area (Å²) in [5, 5.41) is 3.69. The van der Waals surface area contributed by atoms with Gasteiger partial charge in [-0.15, -0.1) is 0 Å². The predicted octanol–water partition coefficient (Wildman–Crippen LogP) is 3.43. The molecule has 0 saturated heterocycles. The molecule has 2 heteroatoms. The quantitative estimate of drug-likeness (QED) is 0.861. The first-order valence-corrected chi connectivity index (χ1v) is 7.39. The first-order chi connectivity index (χ1) is 8.75. The summed E-state index contributed by atoms with van der Waals surface area (Å²) in [7, 11) is 0. The molecule has 1 heterocycles. The molecule has 1 saturated carbocycles. The molecule has 2 rings (SSSR count). The van der Waals surface area contributed by atoms with E-state index in [-0.39, 0.29) is 0 Å². The Hall–Kier alpha value is -0.890. The van der Waals surface area contributed by atoms with Crippen molar-refractivity contribution in [1.82, 2.24) is 10.3 Å². The first-order valence-electron chi connectivity index (χ1n) is 7.39. The van der Waals surface area contributed by atoms with Crippen LogP contribution in [0.5, 0.6) is 0 Å². The van der Waals surface area contributed by atoms with E-state index < -0.39 is 0 Å². The van der Waals surface area contributed by atoms with Gasteiger partial charge in [0.1, 0.15) is 0 Å². The standard InChI is InChI=1S/C16H26N2/c1-13(2)14-6-8-16(9-7-14)18-12-10-15-5-3-4-11-17-15/h3-5,11,13-14,16,18H,6-10,12H2,1-2H3. The Morgan fingerprint density at radius 1 is 1.22 bits per heavy atom. The average Bonchev–Trinajstić information content (AvgIpc) is 2.40. The molecule has 0 unspecified atom stereocenters. The molecule has 0 aliphatic heterocycles. The lowest BCUT2D eigenvalue weighted by Gasteiger charge is -2.31. The lowest BCUT2D eigenvalue weighted by atomic mass is 9.80. The van der Waals surface area contributed by atoms with E-state index in [1.807, 2.05) is 12.3 Å². The summed E-state index contributed by atoms with van der Waals surface area (Å²) in [6.07, 6.45) is 8.43. The Bertz CT molecular complexity index is 326. The van der Waals surface area contributed by atoms with E-state index in [4.69, 9.17) is 0 Å². The molecule has 0 bridgehead atoms. The maximum atomic E-state index is 4.36. The van der Waals surface area contributed by atoms with Crippen LogP contribution in [-0.2, 0) is 6.42 Å². The number of pyridine rings is 1. The monoisotopic (exact) mass is 246 g/mol. The second kappa shape index (κ2) is 6.89. The summed E-state index contributed by atoms with van der Waals surface area (Å²) in [4.78, 5) is 4.36. The Morgan fingerprint density at radius 2 is 2.00 bits per heavy atom. The van der Waals surface area contributed by atoms with Crippen LogP contribution in [0, 0.1) is 11.8 Å². The molecule has 1 aromatic rings. The summed E-state index contributed by atoms with van der Waals surface area (Å²) >= 11 is 0. The zero-order valence-corrected chi connectivity index (χ0v) is 11.7. The second-order valence-electron chi connectivity index (χ2n) is 5.88. The van der Waals surface area contributed by atoms with Gasteiger partial charge in [-0.25, -0.2) is 0 Å². The number of aromatic nitrogens is 1. The molecule has 1 aromatic heterocycles. The van der Waals surface area contributed by atoms with Gasteiger partial charge in [0.2, 0.25) is 0 Å². The molecule has 0 spiro atoms. The zero-order valence-electron chi connectivity index (χ0n) is 11.7. The predicted molar refractivity (Wildman–Crippen MR) is 76.5 cm³/mol. The normalized spacial score (nSPS) is 24.4. The third-order valence-electron chi connectivity index (χ3n) is 4.25. The highest BCUT2D eigenvalue weighted by Crippen LogP contribution is 2.29. The van der Waals surface area contributed by atoms with Crippen molar-refractivity contribution < 1.29 is 0 Å². The Balaban J connectivity index is 1.64. The molecular weight excluding hydrogens is 220 g/mol. The molecule has 1 aliphatic rings. The van der Waals surface area contributed by atoms with Gasteiger partial charge in [0.05, 0.1) is 0 Å². The smallest absolute Gasteiger partial charge is 0.0416 e. The molecule has 0 amide bonds. The maximum Gasteiger partial charge on any atom is 0.0416 e. The summed E-state index contributed by atoms with van der Waals surface area (Å²) in [6, 6.07) is 6.89. The highest BCUT2D eigenvalue weighted by Gasteiger charge is 2.22. The molecule has 1 fully saturated rings. The van der Waals surface area contributed by atoms with Gasteiger partial charge < -0.3 is 5.32 Å². The fourth-order valence-corrected chi connectivity index (χ4v) is 2.94. The first kappa shape index (κ1) is 13.5. The number of hydrogen-bond acceptors (Lipinski definition) is 2. The molecule has 1 N–H and O–H groups in total. The molecule has 0 atom stereocenters. The van der Waals surface area contributed by atoms with Gasteiger partial charge in [0.25, 0.3) is 0 Å². The van der Waals surface area contributed by atoms with Crippen molar-refractivity contribution >= 4 is 0 Å². The molecule has 0 radical (unpaired) electrons. The van der Waals surface area contributed by atoms with Crippen LogP contribution in [0.3, 0.4) is 0 Å². The van der Waals surface area contributed by atoms with Gasteiger partial charge in [-0.3, -0.25) is 4.98 Å². The Kier molecular flexibility index (Phi) is 5.18. The van der Waals surface area contributed by atoms with Gasteiger partial charge in [0, 0.05) is 30.9 Å². The van der Waals surface area contributed by atoms with E-state index in [0.717, 1.165) is 30.8 Å². The average molecular weight is 246 g/mol. The van der Waals surface area contributed by atoms with Gasteiger partial charge in [-0.05, 0) is 49.7 Å². The van der Waals surface area contributed by atoms with Crippen molar-refractivity contribution in [2.45, 2.75) is 52.0 Å². The van der Waals surface area contributed by atoms with Crippen LogP contribution in [0.15, 0.2) is 24.4 Å². The third-order valence-corrected chi connectivity index (χ3v) is 4.25. The minimum atomic E-state index is 0.740. The fraction of sp³-hybridized carbons (Fsp3) is 0.688. The molecule has 0 aromatic carbocycles. The zero-order chi connectivity index (χ0) is 12.8. The maximum absolute atomic E-state index is 4.36. The largest absolute Gasteiger partial charge is 0.314 e. The highest BCUT2D eigenvalue weighted by atomic mass is 14.9. The van der Waals surface area contributed by atoms with Gasteiger partial charge in [-0.2, -0.15) is 0 Å². The minimum absolute atomic E-state index is 0.740. The van der Waals surface area contributed by atoms with E-state index in [1.165, 1.54) is 31.4 Å². The van der Waals surface area contributed by atoms with Crippen LogP contribution in [0.1, 0.15) is 45.2 Å².